The van der Waals surface area contributed by atoms with Gasteiger partial charge in [-0.25, -0.2) is 4.98 Å². The van der Waals surface area contributed by atoms with E-state index in [2.05, 4.69) is 15.6 Å². The highest BCUT2D eigenvalue weighted by Crippen LogP contribution is 2.30. The van der Waals surface area contributed by atoms with Crippen LogP contribution in [0.2, 0.25) is 0 Å². The van der Waals surface area contributed by atoms with E-state index in [1.165, 1.54) is 6.92 Å². The Labute approximate surface area is 138 Å². The average molecular weight is 323 g/mol. The third kappa shape index (κ3) is 3.12. The molecule has 3 aromatic rings. The lowest BCUT2D eigenvalue weighted by Gasteiger charge is -2.14. The summed E-state index contributed by atoms with van der Waals surface area (Å²) in [6, 6.07) is 14.4. The van der Waals surface area contributed by atoms with Crippen LogP contribution in [0, 0.1) is 0 Å². The first-order chi connectivity index (χ1) is 11.6. The third-order valence-electron chi connectivity index (χ3n) is 3.76. The minimum atomic E-state index is -1.07. The molecule has 1 atom stereocenters. The molecule has 2 aromatic carbocycles. The summed E-state index contributed by atoms with van der Waals surface area (Å²) in [6.07, 6.45) is 0. The summed E-state index contributed by atoms with van der Waals surface area (Å²) in [5.41, 5.74) is 2.48. The number of carbonyl (C=O) groups excluding carboxylic acids is 1. The average Bonchev–Trinajstić information content (AvgIpc) is 2.58. The summed E-state index contributed by atoms with van der Waals surface area (Å²) >= 11 is 0. The van der Waals surface area contributed by atoms with Crippen LogP contribution in [0.1, 0.15) is 6.92 Å². The quantitative estimate of drug-likeness (QED) is 0.627. The Morgan fingerprint density at radius 2 is 1.58 bits per heavy atom. The van der Waals surface area contributed by atoms with Crippen LogP contribution in [0.5, 0.6) is 0 Å². The van der Waals surface area contributed by atoms with Crippen LogP contribution in [0.3, 0.4) is 0 Å². The second-order valence-electron chi connectivity index (χ2n) is 5.50. The van der Waals surface area contributed by atoms with Crippen LogP contribution in [0.15, 0.2) is 48.5 Å². The van der Waals surface area contributed by atoms with Gasteiger partial charge in [0.1, 0.15) is 6.04 Å². The van der Waals surface area contributed by atoms with Gasteiger partial charge in [-0.2, -0.15) is 0 Å². The largest absolute Gasteiger partial charge is 0.480 e. The normalized spacial score (nSPS) is 12.0. The minimum absolute atomic E-state index is 0.0182. The van der Waals surface area contributed by atoms with Crippen LogP contribution in [0.4, 0.5) is 5.69 Å². The monoisotopic (exact) mass is 323 g/mol. The van der Waals surface area contributed by atoms with Crippen LogP contribution < -0.4 is 10.6 Å². The van der Waals surface area contributed by atoms with Crippen molar-refractivity contribution in [2.75, 3.05) is 11.9 Å². The van der Waals surface area contributed by atoms with E-state index in [1.807, 2.05) is 48.5 Å². The van der Waals surface area contributed by atoms with Crippen LogP contribution in [-0.2, 0) is 9.59 Å². The molecule has 122 valence electrons. The summed E-state index contributed by atoms with van der Waals surface area (Å²) in [4.78, 5) is 27.4. The number of aliphatic carboxylic acids is 1. The second kappa shape index (κ2) is 6.54. The zero-order valence-electron chi connectivity index (χ0n) is 13.1. The fraction of sp³-hybridized carbons (Fsp3) is 0.167. The minimum Gasteiger partial charge on any atom is -0.480 e. The second-order valence-corrected chi connectivity index (χ2v) is 5.50. The van der Waals surface area contributed by atoms with E-state index < -0.39 is 12.0 Å². The zero-order chi connectivity index (χ0) is 17.1. The highest BCUT2D eigenvalue weighted by atomic mass is 16.4. The number of para-hydroxylation sites is 2. The molecule has 0 radical (unpaired) electrons. The molecule has 1 aromatic heterocycles. The van der Waals surface area contributed by atoms with Crippen molar-refractivity contribution in [3.63, 3.8) is 0 Å². The van der Waals surface area contributed by atoms with Gasteiger partial charge in [-0.3, -0.25) is 9.59 Å². The van der Waals surface area contributed by atoms with E-state index in [4.69, 9.17) is 5.11 Å². The molecule has 0 aliphatic heterocycles. The number of aromatic nitrogens is 1. The SMILES string of the molecule is CC(NC(=O)CNc1c2ccccc2nc2ccccc12)C(=O)O. The van der Waals surface area contributed by atoms with Crippen molar-refractivity contribution in [1.29, 1.82) is 0 Å². The highest BCUT2D eigenvalue weighted by molar-refractivity contribution is 6.08. The van der Waals surface area contributed by atoms with Crippen molar-refractivity contribution in [1.82, 2.24) is 10.3 Å². The molecular weight excluding hydrogens is 306 g/mol. The lowest BCUT2D eigenvalue weighted by atomic mass is 10.1. The smallest absolute Gasteiger partial charge is 0.325 e. The van der Waals surface area contributed by atoms with Gasteiger partial charge in [-0.05, 0) is 19.1 Å². The first-order valence-electron chi connectivity index (χ1n) is 7.60. The molecule has 6 nitrogen and oxygen atoms in total. The van der Waals surface area contributed by atoms with Crippen LogP contribution in [0.25, 0.3) is 21.8 Å². The molecule has 3 rings (SSSR count). The number of carbonyl (C=O) groups is 2. The molecule has 0 spiro atoms. The predicted molar refractivity (Wildman–Crippen MR) is 93.0 cm³/mol. The number of pyridine rings is 1. The number of carboxylic acids is 1. The molecule has 0 aliphatic rings. The first kappa shape index (κ1) is 15.7. The summed E-state index contributed by atoms with van der Waals surface area (Å²) in [6.45, 7) is 1.41. The molecule has 0 saturated heterocycles. The predicted octanol–water partition coefficient (Wildman–Crippen LogP) is 2.39. The Morgan fingerprint density at radius 1 is 1.04 bits per heavy atom. The molecule has 0 aliphatic carbocycles. The van der Waals surface area contributed by atoms with Gasteiger partial charge in [0.2, 0.25) is 5.91 Å². The van der Waals surface area contributed by atoms with E-state index in [1.54, 1.807) is 0 Å². The molecule has 24 heavy (non-hydrogen) atoms. The third-order valence-corrected chi connectivity index (χ3v) is 3.76. The molecule has 0 bridgehead atoms. The lowest BCUT2D eigenvalue weighted by molar-refractivity contribution is -0.141. The van der Waals surface area contributed by atoms with Gasteiger partial charge in [0, 0.05) is 10.8 Å². The van der Waals surface area contributed by atoms with Gasteiger partial charge in [0.25, 0.3) is 0 Å². The van der Waals surface area contributed by atoms with Crippen LogP contribution in [-0.4, -0.2) is 34.6 Å². The molecule has 0 fully saturated rings. The molecule has 6 heteroatoms. The number of nitrogens with one attached hydrogen (secondary N) is 2. The fourth-order valence-corrected chi connectivity index (χ4v) is 2.55. The van der Waals surface area contributed by atoms with Gasteiger partial charge >= 0.3 is 5.97 Å². The number of amides is 1. The van der Waals surface area contributed by atoms with Crippen molar-refractivity contribution in [3.05, 3.63) is 48.5 Å². The zero-order valence-corrected chi connectivity index (χ0v) is 13.1. The van der Waals surface area contributed by atoms with Gasteiger partial charge < -0.3 is 15.7 Å². The first-order valence-corrected chi connectivity index (χ1v) is 7.60. The fourth-order valence-electron chi connectivity index (χ4n) is 2.55. The number of benzene rings is 2. The number of hydrogen-bond acceptors (Lipinski definition) is 4. The Morgan fingerprint density at radius 3 is 2.12 bits per heavy atom. The van der Waals surface area contributed by atoms with E-state index in [-0.39, 0.29) is 12.5 Å². The summed E-state index contributed by atoms with van der Waals surface area (Å²) in [7, 11) is 0. The molecule has 1 amide bonds. The van der Waals surface area contributed by atoms with Crippen molar-refractivity contribution in [2.24, 2.45) is 0 Å². The van der Waals surface area contributed by atoms with Crippen LogP contribution >= 0.6 is 0 Å². The van der Waals surface area contributed by atoms with Gasteiger partial charge in [-0.15, -0.1) is 0 Å². The van der Waals surface area contributed by atoms with Gasteiger partial charge in [0.15, 0.2) is 0 Å². The molecule has 3 N–H and O–H groups in total. The maximum Gasteiger partial charge on any atom is 0.325 e. The van der Waals surface area contributed by atoms with Crippen molar-refractivity contribution < 1.29 is 14.7 Å². The van der Waals surface area contributed by atoms with E-state index in [0.717, 1.165) is 27.5 Å². The number of rotatable bonds is 5. The maximum atomic E-state index is 12.0. The molecule has 1 unspecified atom stereocenters. The number of nitrogens with zero attached hydrogens (tertiary/aromatic N) is 1. The van der Waals surface area contributed by atoms with E-state index in [0.29, 0.717) is 0 Å². The topological polar surface area (TPSA) is 91.3 Å². The molecule has 0 saturated carbocycles. The Bertz CT molecular complexity index is 870. The number of anilines is 1. The van der Waals surface area contributed by atoms with Gasteiger partial charge in [-0.1, -0.05) is 36.4 Å². The maximum absolute atomic E-state index is 12.0. The molecule has 1 heterocycles. The Hall–Kier alpha value is -3.15. The number of fused-ring (bicyclic) bond motifs is 2. The van der Waals surface area contributed by atoms with E-state index in [9.17, 15) is 9.59 Å². The van der Waals surface area contributed by atoms with Crippen molar-refractivity contribution in [3.8, 4) is 0 Å². The number of hydrogen-bond donors (Lipinski definition) is 3. The van der Waals surface area contributed by atoms with Crippen molar-refractivity contribution >= 4 is 39.4 Å². The standard InChI is InChI=1S/C18H17N3O3/c1-11(18(23)24)20-16(22)10-19-17-12-6-2-4-8-14(12)21-15-9-5-3-7-13(15)17/h2-9,11H,10H2,1H3,(H,19,21)(H,20,22)(H,23,24). The highest BCUT2D eigenvalue weighted by Gasteiger charge is 2.14. The van der Waals surface area contributed by atoms with Crippen molar-refractivity contribution in [2.45, 2.75) is 13.0 Å². The summed E-state index contributed by atoms with van der Waals surface area (Å²) < 4.78 is 0. The van der Waals surface area contributed by atoms with Gasteiger partial charge in [0.05, 0.1) is 23.3 Å². The number of carboxylic acid groups (broad SMARTS) is 1. The summed E-state index contributed by atoms with van der Waals surface area (Å²) in [5, 5.41) is 16.2. The lowest BCUT2D eigenvalue weighted by Crippen LogP contribution is -2.41. The molecular formula is C18H17N3O3. The Kier molecular flexibility index (Phi) is 4.29. The van der Waals surface area contributed by atoms with E-state index >= 15 is 0 Å². The summed E-state index contributed by atoms with van der Waals surface area (Å²) in [5.74, 6) is -1.45. The Balaban J connectivity index is 1.92.